The molecule has 3 aromatic carbocycles. The molecule has 0 aliphatic carbocycles. The Morgan fingerprint density at radius 2 is 1.76 bits per heavy atom. The summed E-state index contributed by atoms with van der Waals surface area (Å²) >= 11 is 5.87. The highest BCUT2D eigenvalue weighted by atomic mass is 35.5. The summed E-state index contributed by atoms with van der Waals surface area (Å²) in [6, 6.07) is 18.6. The van der Waals surface area contributed by atoms with E-state index < -0.39 is 0 Å². The van der Waals surface area contributed by atoms with Gasteiger partial charge in [-0.25, -0.2) is 0 Å². The molecule has 0 heterocycles. The fraction of sp³-hybridized carbons (Fsp3) is 0.160. The van der Waals surface area contributed by atoms with Crippen LogP contribution in [0.4, 0.5) is 0 Å². The van der Waals surface area contributed by atoms with Crippen molar-refractivity contribution >= 4 is 23.5 Å². The van der Waals surface area contributed by atoms with Gasteiger partial charge in [-0.1, -0.05) is 35.9 Å². The maximum Gasteiger partial charge on any atom is 0.185 e. The van der Waals surface area contributed by atoms with Crippen LogP contribution in [0, 0.1) is 13.8 Å². The van der Waals surface area contributed by atoms with Crippen molar-refractivity contribution in [2.24, 2.45) is 0 Å². The van der Waals surface area contributed by atoms with Crippen molar-refractivity contribution in [3.63, 3.8) is 0 Å². The number of hydrogen-bond acceptors (Lipinski definition) is 3. The predicted molar refractivity (Wildman–Crippen MR) is 118 cm³/mol. The molecular weight excluding hydrogens is 384 g/mol. The van der Waals surface area contributed by atoms with Crippen molar-refractivity contribution in [3.05, 3.63) is 99.6 Å². The zero-order chi connectivity index (χ0) is 20.8. The number of allylic oxidation sites excluding steroid dienone is 1. The van der Waals surface area contributed by atoms with Gasteiger partial charge in [0.2, 0.25) is 0 Å². The lowest BCUT2D eigenvalue weighted by Gasteiger charge is -2.13. The van der Waals surface area contributed by atoms with E-state index in [1.165, 1.54) is 5.56 Å². The van der Waals surface area contributed by atoms with Crippen molar-refractivity contribution in [3.8, 4) is 11.5 Å². The first kappa shape index (κ1) is 20.7. The Kier molecular flexibility index (Phi) is 6.73. The summed E-state index contributed by atoms with van der Waals surface area (Å²) in [5, 5.41) is 0.606. The molecule has 0 atom stereocenters. The van der Waals surface area contributed by atoms with Crippen molar-refractivity contribution < 1.29 is 14.3 Å². The van der Waals surface area contributed by atoms with Crippen LogP contribution in [-0.4, -0.2) is 12.9 Å². The Balaban J connectivity index is 1.76. The number of methoxy groups -OCH3 is 1. The van der Waals surface area contributed by atoms with Crippen molar-refractivity contribution in [1.29, 1.82) is 0 Å². The fourth-order valence-corrected chi connectivity index (χ4v) is 3.06. The summed E-state index contributed by atoms with van der Waals surface area (Å²) in [6.45, 7) is 4.48. The normalized spacial score (nSPS) is 10.9. The van der Waals surface area contributed by atoms with E-state index in [2.05, 4.69) is 13.0 Å². The highest BCUT2D eigenvalue weighted by Crippen LogP contribution is 2.26. The molecule has 3 aromatic rings. The maximum absolute atomic E-state index is 12.3. The Labute approximate surface area is 176 Å². The average Bonchev–Trinajstić information content (AvgIpc) is 2.73. The number of ketones is 1. The van der Waals surface area contributed by atoms with Crippen LogP contribution < -0.4 is 9.47 Å². The van der Waals surface area contributed by atoms with Crippen LogP contribution in [0.25, 0.3) is 6.08 Å². The molecule has 3 nitrogen and oxygen atoms in total. The molecule has 0 aliphatic heterocycles. The van der Waals surface area contributed by atoms with Gasteiger partial charge in [-0.3, -0.25) is 4.79 Å². The van der Waals surface area contributed by atoms with E-state index in [9.17, 15) is 4.79 Å². The monoisotopic (exact) mass is 406 g/mol. The third-order valence-electron chi connectivity index (χ3n) is 4.80. The quantitative estimate of drug-likeness (QED) is 0.334. The number of hydrogen-bond donors (Lipinski definition) is 0. The van der Waals surface area contributed by atoms with Gasteiger partial charge < -0.3 is 9.47 Å². The first-order valence-corrected chi connectivity index (χ1v) is 9.69. The van der Waals surface area contributed by atoms with Crippen LogP contribution in [0.5, 0.6) is 11.5 Å². The van der Waals surface area contributed by atoms with Crippen molar-refractivity contribution in [1.82, 2.24) is 0 Å². The van der Waals surface area contributed by atoms with Gasteiger partial charge in [-0.15, -0.1) is 0 Å². The highest BCUT2D eigenvalue weighted by Gasteiger charge is 2.08. The van der Waals surface area contributed by atoms with Gasteiger partial charge in [-0.2, -0.15) is 0 Å². The summed E-state index contributed by atoms with van der Waals surface area (Å²) < 4.78 is 11.5. The highest BCUT2D eigenvalue weighted by molar-refractivity contribution is 6.30. The van der Waals surface area contributed by atoms with E-state index in [1.54, 1.807) is 43.5 Å². The van der Waals surface area contributed by atoms with Gasteiger partial charge in [-0.05, 0) is 79.1 Å². The first-order chi connectivity index (χ1) is 14.0. The number of carbonyl (C=O) groups is 1. The Morgan fingerprint density at radius 3 is 2.48 bits per heavy atom. The van der Waals surface area contributed by atoms with Crippen LogP contribution in [-0.2, 0) is 6.61 Å². The number of rotatable bonds is 7. The summed E-state index contributed by atoms with van der Waals surface area (Å²) in [5.74, 6) is 1.52. The van der Waals surface area contributed by atoms with E-state index in [4.69, 9.17) is 21.1 Å². The van der Waals surface area contributed by atoms with Crippen LogP contribution in [0.2, 0.25) is 5.02 Å². The molecule has 148 valence electrons. The third-order valence-corrected chi connectivity index (χ3v) is 5.05. The molecular formula is C25H23ClO3. The molecule has 0 saturated carbocycles. The minimum atomic E-state index is -0.0781. The second kappa shape index (κ2) is 9.44. The van der Waals surface area contributed by atoms with Gasteiger partial charge in [0, 0.05) is 16.1 Å². The molecule has 29 heavy (non-hydrogen) atoms. The standard InChI is InChI=1S/C25H23ClO3/c1-17-5-4-6-24(18(17)2)29-16-21-15-19(8-14-25(21)28-3)7-13-23(27)20-9-11-22(26)12-10-20/h4-15H,16H2,1-3H3/b13-7+. The molecule has 4 heteroatoms. The van der Waals surface area contributed by atoms with Gasteiger partial charge >= 0.3 is 0 Å². The number of benzene rings is 3. The fourth-order valence-electron chi connectivity index (χ4n) is 2.93. The number of aryl methyl sites for hydroxylation is 1. The average molecular weight is 407 g/mol. The molecule has 0 unspecified atom stereocenters. The number of halogens is 1. The number of carbonyl (C=O) groups excluding carboxylic acids is 1. The molecule has 0 spiro atoms. The molecule has 0 bridgehead atoms. The molecule has 0 N–H and O–H groups in total. The van der Waals surface area contributed by atoms with Gasteiger partial charge in [0.15, 0.2) is 5.78 Å². The second-order valence-electron chi connectivity index (χ2n) is 6.76. The van der Waals surface area contributed by atoms with E-state index in [1.807, 2.05) is 37.3 Å². The van der Waals surface area contributed by atoms with E-state index in [-0.39, 0.29) is 5.78 Å². The SMILES string of the molecule is COc1ccc(/C=C/C(=O)c2ccc(Cl)cc2)cc1COc1cccc(C)c1C. The van der Waals surface area contributed by atoms with Crippen LogP contribution in [0.3, 0.4) is 0 Å². The Hall–Kier alpha value is -3.04. The minimum absolute atomic E-state index is 0.0781. The van der Waals surface area contributed by atoms with Crippen molar-refractivity contribution in [2.45, 2.75) is 20.5 Å². The Morgan fingerprint density at radius 1 is 1.00 bits per heavy atom. The lowest BCUT2D eigenvalue weighted by atomic mass is 10.1. The summed E-state index contributed by atoms with van der Waals surface area (Å²) in [6.07, 6.45) is 3.35. The third kappa shape index (κ3) is 5.27. The molecule has 0 fully saturated rings. The molecule has 0 aliphatic rings. The predicted octanol–water partition coefficient (Wildman–Crippen LogP) is 6.44. The smallest absolute Gasteiger partial charge is 0.185 e. The van der Waals surface area contributed by atoms with E-state index in [0.717, 1.165) is 28.2 Å². The lowest BCUT2D eigenvalue weighted by molar-refractivity contribution is 0.104. The van der Waals surface area contributed by atoms with Crippen LogP contribution >= 0.6 is 11.6 Å². The van der Waals surface area contributed by atoms with Gasteiger partial charge in [0.25, 0.3) is 0 Å². The summed E-state index contributed by atoms with van der Waals surface area (Å²) in [5.41, 5.74) is 4.71. The molecule has 0 radical (unpaired) electrons. The van der Waals surface area contributed by atoms with Crippen LogP contribution in [0.1, 0.15) is 32.6 Å². The van der Waals surface area contributed by atoms with E-state index >= 15 is 0 Å². The van der Waals surface area contributed by atoms with Gasteiger partial charge in [0.1, 0.15) is 18.1 Å². The summed E-state index contributed by atoms with van der Waals surface area (Å²) in [7, 11) is 1.64. The molecule has 0 aromatic heterocycles. The maximum atomic E-state index is 12.3. The van der Waals surface area contributed by atoms with Gasteiger partial charge in [0.05, 0.1) is 7.11 Å². The topological polar surface area (TPSA) is 35.5 Å². The second-order valence-corrected chi connectivity index (χ2v) is 7.20. The molecule has 0 amide bonds. The Bertz CT molecular complexity index is 1040. The lowest BCUT2D eigenvalue weighted by Crippen LogP contribution is -2.01. The number of ether oxygens (including phenoxy) is 2. The summed E-state index contributed by atoms with van der Waals surface area (Å²) in [4.78, 5) is 12.3. The molecule has 0 saturated heterocycles. The van der Waals surface area contributed by atoms with E-state index in [0.29, 0.717) is 17.2 Å². The largest absolute Gasteiger partial charge is 0.496 e. The zero-order valence-corrected chi connectivity index (χ0v) is 17.5. The first-order valence-electron chi connectivity index (χ1n) is 9.32. The van der Waals surface area contributed by atoms with Crippen molar-refractivity contribution in [2.75, 3.05) is 7.11 Å². The molecule has 3 rings (SSSR count). The zero-order valence-electron chi connectivity index (χ0n) is 16.7. The van der Waals surface area contributed by atoms with Crippen LogP contribution in [0.15, 0.2) is 66.7 Å². The minimum Gasteiger partial charge on any atom is -0.496 e.